The maximum absolute atomic E-state index is 9.14. The van der Waals surface area contributed by atoms with Crippen LogP contribution in [-0.2, 0) is 6.42 Å². The lowest BCUT2D eigenvalue weighted by Crippen LogP contribution is -1.85. The predicted molar refractivity (Wildman–Crippen MR) is 51.8 cm³/mol. The summed E-state index contributed by atoms with van der Waals surface area (Å²) < 4.78 is 0. The normalized spacial score (nSPS) is 10.1. The average Bonchev–Trinajstić information content (AvgIpc) is 2.05. The van der Waals surface area contributed by atoms with Crippen molar-refractivity contribution in [1.82, 2.24) is 0 Å². The van der Waals surface area contributed by atoms with E-state index in [1.807, 2.05) is 12.1 Å². The summed E-state index contributed by atoms with van der Waals surface area (Å²) in [6.45, 7) is 0. The van der Waals surface area contributed by atoms with Gasteiger partial charge in [0.1, 0.15) is 5.75 Å². The highest BCUT2D eigenvalue weighted by Gasteiger charge is 1.93. The topological polar surface area (TPSA) is 20.2 Å². The van der Waals surface area contributed by atoms with Crippen LogP contribution >= 0.6 is 11.6 Å². The van der Waals surface area contributed by atoms with Gasteiger partial charge < -0.3 is 5.11 Å². The number of halogens is 1. The number of aryl methyl sites for hydroxylation is 1. The molecule has 0 aliphatic carbocycles. The van der Waals surface area contributed by atoms with Crippen LogP contribution in [0, 0.1) is 0 Å². The third-order valence-corrected chi connectivity index (χ3v) is 2.03. The molecule has 1 N–H and O–H groups in total. The molecule has 0 aliphatic heterocycles. The predicted octanol–water partition coefficient (Wildman–Crippen LogP) is 2.95. The van der Waals surface area contributed by atoms with Crippen molar-refractivity contribution in [3.63, 3.8) is 0 Å². The molecule has 1 aromatic rings. The second-order valence-corrected chi connectivity index (χ2v) is 3.19. The Kier molecular flexibility index (Phi) is 3.95. The van der Waals surface area contributed by atoms with Gasteiger partial charge in [-0.1, -0.05) is 12.1 Å². The number of rotatable bonds is 4. The Labute approximate surface area is 78.0 Å². The maximum Gasteiger partial charge on any atom is 0.115 e. The Hall–Kier alpha value is -0.690. The Morgan fingerprint density at radius 2 is 2.08 bits per heavy atom. The molecule has 0 saturated carbocycles. The molecular weight excluding hydrogens is 172 g/mol. The summed E-state index contributed by atoms with van der Waals surface area (Å²) in [5.41, 5.74) is 1.18. The van der Waals surface area contributed by atoms with Crippen LogP contribution in [0.2, 0.25) is 0 Å². The standard InChI is InChI=1S/C10H13ClO/c11-7-2-1-4-9-5-3-6-10(12)8-9/h3,5-6,8,12H,1-2,4,7H2. The summed E-state index contributed by atoms with van der Waals surface area (Å²) >= 11 is 5.55. The summed E-state index contributed by atoms with van der Waals surface area (Å²) in [6, 6.07) is 7.37. The SMILES string of the molecule is Oc1cccc(CCCCCl)c1. The number of unbranched alkanes of at least 4 members (excludes halogenated alkanes) is 1. The van der Waals surface area contributed by atoms with Gasteiger partial charge in [0.25, 0.3) is 0 Å². The molecule has 0 spiro atoms. The first kappa shape index (κ1) is 9.40. The van der Waals surface area contributed by atoms with E-state index < -0.39 is 0 Å². The van der Waals surface area contributed by atoms with Gasteiger partial charge in [0.15, 0.2) is 0 Å². The summed E-state index contributed by atoms with van der Waals surface area (Å²) in [5, 5.41) is 9.14. The van der Waals surface area contributed by atoms with Gasteiger partial charge in [0, 0.05) is 5.88 Å². The van der Waals surface area contributed by atoms with Crippen LogP contribution < -0.4 is 0 Å². The van der Waals surface area contributed by atoms with Crippen LogP contribution in [0.5, 0.6) is 5.75 Å². The van der Waals surface area contributed by atoms with Gasteiger partial charge in [0.05, 0.1) is 0 Å². The fourth-order valence-corrected chi connectivity index (χ4v) is 1.32. The molecule has 2 heteroatoms. The van der Waals surface area contributed by atoms with Crippen LogP contribution in [-0.4, -0.2) is 11.0 Å². The molecule has 0 unspecified atom stereocenters. The zero-order valence-electron chi connectivity index (χ0n) is 6.96. The lowest BCUT2D eigenvalue weighted by molar-refractivity contribution is 0.474. The first-order valence-corrected chi connectivity index (χ1v) is 4.70. The zero-order chi connectivity index (χ0) is 8.81. The largest absolute Gasteiger partial charge is 0.508 e. The van der Waals surface area contributed by atoms with Crippen LogP contribution in [0.3, 0.4) is 0 Å². The molecule has 0 amide bonds. The Balaban J connectivity index is 2.41. The van der Waals surface area contributed by atoms with Crippen molar-refractivity contribution in [3.05, 3.63) is 29.8 Å². The van der Waals surface area contributed by atoms with E-state index in [-0.39, 0.29) is 0 Å². The molecule has 0 saturated heterocycles. The van der Waals surface area contributed by atoms with Crippen molar-refractivity contribution in [2.75, 3.05) is 5.88 Å². The van der Waals surface area contributed by atoms with E-state index in [1.165, 1.54) is 5.56 Å². The summed E-state index contributed by atoms with van der Waals surface area (Å²) in [7, 11) is 0. The molecule has 12 heavy (non-hydrogen) atoms. The van der Waals surface area contributed by atoms with Gasteiger partial charge in [0.2, 0.25) is 0 Å². The van der Waals surface area contributed by atoms with Gasteiger partial charge in [-0.25, -0.2) is 0 Å². The van der Waals surface area contributed by atoms with Crippen LogP contribution in [0.15, 0.2) is 24.3 Å². The van der Waals surface area contributed by atoms with Crippen molar-refractivity contribution in [3.8, 4) is 5.75 Å². The molecule has 1 aromatic carbocycles. The van der Waals surface area contributed by atoms with Crippen LogP contribution in [0.4, 0.5) is 0 Å². The molecule has 0 atom stereocenters. The van der Waals surface area contributed by atoms with Gasteiger partial charge in [-0.15, -0.1) is 11.6 Å². The minimum atomic E-state index is 0.346. The van der Waals surface area contributed by atoms with Crippen molar-refractivity contribution >= 4 is 11.6 Å². The monoisotopic (exact) mass is 184 g/mol. The first-order valence-electron chi connectivity index (χ1n) is 4.17. The Morgan fingerprint density at radius 3 is 2.75 bits per heavy atom. The highest BCUT2D eigenvalue weighted by atomic mass is 35.5. The Bertz CT molecular complexity index is 235. The van der Waals surface area contributed by atoms with Gasteiger partial charge in [-0.3, -0.25) is 0 Å². The van der Waals surface area contributed by atoms with E-state index in [4.69, 9.17) is 16.7 Å². The molecule has 0 heterocycles. The molecule has 0 radical (unpaired) electrons. The molecular formula is C10H13ClO. The lowest BCUT2D eigenvalue weighted by Gasteiger charge is -1.99. The van der Waals surface area contributed by atoms with Crippen LogP contribution in [0.1, 0.15) is 18.4 Å². The first-order chi connectivity index (χ1) is 5.83. The second-order valence-electron chi connectivity index (χ2n) is 2.82. The van der Waals surface area contributed by atoms with Crippen molar-refractivity contribution in [2.45, 2.75) is 19.3 Å². The molecule has 0 bridgehead atoms. The molecule has 0 aromatic heterocycles. The molecule has 0 aliphatic rings. The van der Waals surface area contributed by atoms with E-state index in [2.05, 4.69) is 0 Å². The number of hydrogen-bond donors (Lipinski definition) is 1. The van der Waals surface area contributed by atoms with Gasteiger partial charge in [-0.05, 0) is 37.0 Å². The Morgan fingerprint density at radius 1 is 1.25 bits per heavy atom. The van der Waals surface area contributed by atoms with E-state index in [0.29, 0.717) is 5.75 Å². The molecule has 1 nitrogen and oxygen atoms in total. The number of benzene rings is 1. The summed E-state index contributed by atoms with van der Waals surface area (Å²) in [6.07, 6.45) is 3.13. The number of phenols is 1. The fraction of sp³-hybridized carbons (Fsp3) is 0.400. The molecule has 0 fully saturated rings. The van der Waals surface area contributed by atoms with E-state index in [1.54, 1.807) is 12.1 Å². The quantitative estimate of drug-likeness (QED) is 0.564. The van der Waals surface area contributed by atoms with E-state index >= 15 is 0 Å². The second kappa shape index (κ2) is 5.04. The highest BCUT2D eigenvalue weighted by molar-refractivity contribution is 6.17. The number of aromatic hydroxyl groups is 1. The van der Waals surface area contributed by atoms with Gasteiger partial charge in [-0.2, -0.15) is 0 Å². The third kappa shape index (κ3) is 3.14. The number of alkyl halides is 1. The fourth-order valence-electron chi connectivity index (χ4n) is 1.14. The summed E-state index contributed by atoms with van der Waals surface area (Å²) in [5.74, 6) is 1.07. The van der Waals surface area contributed by atoms with Crippen molar-refractivity contribution < 1.29 is 5.11 Å². The third-order valence-electron chi connectivity index (χ3n) is 1.76. The molecule has 66 valence electrons. The smallest absolute Gasteiger partial charge is 0.115 e. The summed E-state index contributed by atoms with van der Waals surface area (Å²) in [4.78, 5) is 0. The highest BCUT2D eigenvalue weighted by Crippen LogP contribution is 2.13. The average molecular weight is 185 g/mol. The zero-order valence-corrected chi connectivity index (χ0v) is 7.72. The van der Waals surface area contributed by atoms with Crippen molar-refractivity contribution in [1.29, 1.82) is 0 Å². The number of phenolic OH excluding ortho intramolecular Hbond substituents is 1. The van der Waals surface area contributed by atoms with Gasteiger partial charge >= 0.3 is 0 Å². The van der Waals surface area contributed by atoms with E-state index in [0.717, 1.165) is 25.1 Å². The maximum atomic E-state index is 9.14. The minimum Gasteiger partial charge on any atom is -0.508 e. The lowest BCUT2D eigenvalue weighted by atomic mass is 10.1. The number of hydrogen-bond acceptors (Lipinski definition) is 1. The van der Waals surface area contributed by atoms with Crippen molar-refractivity contribution in [2.24, 2.45) is 0 Å². The minimum absolute atomic E-state index is 0.346. The van der Waals surface area contributed by atoms with E-state index in [9.17, 15) is 0 Å². The molecule has 1 rings (SSSR count). The van der Waals surface area contributed by atoms with Crippen LogP contribution in [0.25, 0.3) is 0 Å².